The third kappa shape index (κ3) is 4.65. The second-order valence-corrected chi connectivity index (χ2v) is 5.69. The Morgan fingerprint density at radius 3 is 2.70 bits per heavy atom. The Hall–Kier alpha value is -0.780. The number of nitrogens with one attached hydrogen (secondary N) is 1. The molecule has 1 N–H and O–H groups in total. The summed E-state index contributed by atoms with van der Waals surface area (Å²) >= 11 is 3.57. The molecule has 20 heavy (non-hydrogen) atoms. The molecule has 5 heteroatoms. The molecular formula is C15H22BrNO3. The zero-order valence-electron chi connectivity index (χ0n) is 12.1. The van der Waals surface area contributed by atoms with Gasteiger partial charge in [-0.2, -0.15) is 0 Å². The first-order valence-electron chi connectivity index (χ1n) is 7.05. The summed E-state index contributed by atoms with van der Waals surface area (Å²) in [6, 6.07) is 4.83. The van der Waals surface area contributed by atoms with Crippen molar-refractivity contribution in [1.82, 2.24) is 5.32 Å². The Balaban J connectivity index is 2.07. The van der Waals surface area contributed by atoms with E-state index in [-0.39, 0.29) is 0 Å². The Bertz CT molecular complexity index is 435. The molecule has 0 bridgehead atoms. The van der Waals surface area contributed by atoms with Crippen LogP contribution in [0.15, 0.2) is 16.6 Å². The molecule has 2 rings (SSSR count). The van der Waals surface area contributed by atoms with Crippen molar-refractivity contribution in [2.24, 2.45) is 0 Å². The van der Waals surface area contributed by atoms with E-state index >= 15 is 0 Å². The molecule has 0 heterocycles. The van der Waals surface area contributed by atoms with Crippen LogP contribution in [0.5, 0.6) is 11.5 Å². The molecule has 0 spiro atoms. The number of ether oxygens (including phenoxy) is 3. The van der Waals surface area contributed by atoms with E-state index in [0.29, 0.717) is 25.9 Å². The molecule has 1 aliphatic carbocycles. The molecule has 0 unspecified atom stereocenters. The molecule has 1 saturated carbocycles. The first kappa shape index (κ1) is 15.6. The van der Waals surface area contributed by atoms with Gasteiger partial charge in [0.2, 0.25) is 0 Å². The maximum atomic E-state index is 5.74. The average molecular weight is 344 g/mol. The summed E-state index contributed by atoms with van der Waals surface area (Å²) in [5.74, 6) is 1.53. The number of benzene rings is 1. The van der Waals surface area contributed by atoms with Gasteiger partial charge in [-0.25, -0.2) is 0 Å². The quantitative estimate of drug-likeness (QED) is 0.699. The van der Waals surface area contributed by atoms with Gasteiger partial charge in [0.25, 0.3) is 0 Å². The van der Waals surface area contributed by atoms with Gasteiger partial charge >= 0.3 is 0 Å². The molecule has 0 radical (unpaired) electrons. The molecule has 4 nitrogen and oxygen atoms in total. The highest BCUT2D eigenvalue weighted by Gasteiger charge is 2.20. The van der Waals surface area contributed by atoms with E-state index in [1.54, 1.807) is 7.11 Å². The van der Waals surface area contributed by atoms with Gasteiger partial charge in [0.05, 0.1) is 17.7 Å². The monoisotopic (exact) mass is 343 g/mol. The fourth-order valence-corrected chi connectivity index (χ4v) is 2.51. The SMILES string of the molecule is CCOc1cc(CNC2CC2)cc(Br)c1OCCOC. The number of methoxy groups -OCH3 is 1. The van der Waals surface area contributed by atoms with Crippen molar-refractivity contribution >= 4 is 15.9 Å². The summed E-state index contributed by atoms with van der Waals surface area (Å²) < 4.78 is 17.4. The van der Waals surface area contributed by atoms with Gasteiger partial charge in [-0.05, 0) is 53.4 Å². The fraction of sp³-hybridized carbons (Fsp3) is 0.600. The molecule has 1 aromatic rings. The van der Waals surface area contributed by atoms with E-state index in [9.17, 15) is 0 Å². The molecule has 1 aromatic carbocycles. The van der Waals surface area contributed by atoms with Crippen molar-refractivity contribution < 1.29 is 14.2 Å². The first-order valence-corrected chi connectivity index (χ1v) is 7.84. The second kappa shape index (κ2) is 7.86. The van der Waals surface area contributed by atoms with Crippen molar-refractivity contribution in [3.63, 3.8) is 0 Å². The van der Waals surface area contributed by atoms with Gasteiger partial charge in [0, 0.05) is 19.7 Å². The minimum absolute atomic E-state index is 0.509. The van der Waals surface area contributed by atoms with Crippen molar-refractivity contribution in [3.05, 3.63) is 22.2 Å². The van der Waals surface area contributed by atoms with E-state index in [2.05, 4.69) is 27.3 Å². The molecule has 0 aliphatic heterocycles. The highest BCUT2D eigenvalue weighted by Crippen LogP contribution is 2.37. The van der Waals surface area contributed by atoms with Gasteiger partial charge in [-0.15, -0.1) is 0 Å². The number of rotatable bonds is 9. The van der Waals surface area contributed by atoms with Crippen LogP contribution in [0.25, 0.3) is 0 Å². The first-order chi connectivity index (χ1) is 9.74. The largest absolute Gasteiger partial charge is 0.490 e. The summed E-state index contributed by atoms with van der Waals surface area (Å²) in [5.41, 5.74) is 1.20. The van der Waals surface area contributed by atoms with Crippen LogP contribution in [0, 0.1) is 0 Å². The normalized spacial score (nSPS) is 14.3. The lowest BCUT2D eigenvalue weighted by atomic mass is 10.2. The van der Waals surface area contributed by atoms with E-state index in [1.165, 1.54) is 18.4 Å². The Morgan fingerprint density at radius 2 is 2.05 bits per heavy atom. The van der Waals surface area contributed by atoms with Crippen molar-refractivity contribution in [2.75, 3.05) is 26.9 Å². The smallest absolute Gasteiger partial charge is 0.175 e. The minimum atomic E-state index is 0.509. The maximum absolute atomic E-state index is 5.74. The van der Waals surface area contributed by atoms with Crippen molar-refractivity contribution in [2.45, 2.75) is 32.4 Å². The van der Waals surface area contributed by atoms with E-state index in [0.717, 1.165) is 22.5 Å². The minimum Gasteiger partial charge on any atom is -0.490 e. The summed E-state index contributed by atoms with van der Waals surface area (Å²) in [6.45, 7) is 4.52. The standard InChI is InChI=1S/C15H22BrNO3/c1-3-19-14-9-11(10-17-12-4-5-12)8-13(16)15(14)20-7-6-18-2/h8-9,12,17H,3-7,10H2,1-2H3. The lowest BCUT2D eigenvalue weighted by molar-refractivity contribution is 0.143. The highest BCUT2D eigenvalue weighted by atomic mass is 79.9. The summed E-state index contributed by atoms with van der Waals surface area (Å²) in [4.78, 5) is 0. The van der Waals surface area contributed by atoms with E-state index < -0.39 is 0 Å². The highest BCUT2D eigenvalue weighted by molar-refractivity contribution is 9.10. The Kier molecular flexibility index (Phi) is 6.13. The van der Waals surface area contributed by atoms with E-state index in [1.807, 2.05) is 13.0 Å². The van der Waals surface area contributed by atoms with Gasteiger partial charge < -0.3 is 19.5 Å². The number of hydrogen-bond acceptors (Lipinski definition) is 4. The third-order valence-electron chi connectivity index (χ3n) is 3.08. The zero-order valence-corrected chi connectivity index (χ0v) is 13.7. The summed E-state index contributed by atoms with van der Waals surface area (Å²) in [5, 5.41) is 3.50. The van der Waals surface area contributed by atoms with Crippen LogP contribution >= 0.6 is 15.9 Å². The molecule has 112 valence electrons. The zero-order chi connectivity index (χ0) is 14.4. The second-order valence-electron chi connectivity index (χ2n) is 4.83. The molecule has 0 aromatic heterocycles. The van der Waals surface area contributed by atoms with Crippen LogP contribution < -0.4 is 14.8 Å². The van der Waals surface area contributed by atoms with E-state index in [4.69, 9.17) is 14.2 Å². The van der Waals surface area contributed by atoms with Gasteiger partial charge in [-0.3, -0.25) is 0 Å². The van der Waals surface area contributed by atoms with Crippen LogP contribution in [0.1, 0.15) is 25.3 Å². The van der Waals surface area contributed by atoms with Crippen LogP contribution in [0.2, 0.25) is 0 Å². The fourth-order valence-electron chi connectivity index (χ4n) is 1.90. The lowest BCUT2D eigenvalue weighted by Crippen LogP contribution is -2.15. The predicted molar refractivity (Wildman–Crippen MR) is 82.5 cm³/mol. The van der Waals surface area contributed by atoms with Crippen molar-refractivity contribution in [1.29, 1.82) is 0 Å². The predicted octanol–water partition coefficient (Wildman–Crippen LogP) is 3.13. The molecule has 0 atom stereocenters. The van der Waals surface area contributed by atoms with Crippen molar-refractivity contribution in [3.8, 4) is 11.5 Å². The molecule has 0 saturated heterocycles. The molecular weight excluding hydrogens is 322 g/mol. The molecule has 1 aliphatic rings. The van der Waals surface area contributed by atoms with Crippen LogP contribution in [-0.4, -0.2) is 33.0 Å². The maximum Gasteiger partial charge on any atom is 0.175 e. The van der Waals surface area contributed by atoms with Gasteiger partial charge in [0.15, 0.2) is 11.5 Å². The third-order valence-corrected chi connectivity index (χ3v) is 3.66. The molecule has 1 fully saturated rings. The Morgan fingerprint density at radius 1 is 1.25 bits per heavy atom. The van der Waals surface area contributed by atoms with Crippen LogP contribution in [0.4, 0.5) is 0 Å². The summed E-state index contributed by atoms with van der Waals surface area (Å²) in [7, 11) is 1.66. The van der Waals surface area contributed by atoms with Gasteiger partial charge in [0.1, 0.15) is 6.61 Å². The number of halogens is 1. The average Bonchev–Trinajstić information content (AvgIpc) is 3.24. The topological polar surface area (TPSA) is 39.7 Å². The Labute approximate surface area is 128 Å². The molecule has 0 amide bonds. The van der Waals surface area contributed by atoms with Crippen LogP contribution in [0.3, 0.4) is 0 Å². The lowest BCUT2D eigenvalue weighted by Gasteiger charge is -2.15. The number of hydrogen-bond donors (Lipinski definition) is 1. The van der Waals surface area contributed by atoms with Gasteiger partial charge in [-0.1, -0.05) is 0 Å². The summed E-state index contributed by atoms with van der Waals surface area (Å²) in [6.07, 6.45) is 2.58. The van der Waals surface area contributed by atoms with Crippen LogP contribution in [-0.2, 0) is 11.3 Å².